The van der Waals surface area contributed by atoms with Crippen molar-refractivity contribution in [1.82, 2.24) is 19.5 Å². The predicted molar refractivity (Wildman–Crippen MR) is 114 cm³/mol. The van der Waals surface area contributed by atoms with E-state index < -0.39 is 20.9 Å². The summed E-state index contributed by atoms with van der Waals surface area (Å²) in [5, 5.41) is 2.98. The molecule has 0 unspecified atom stereocenters. The summed E-state index contributed by atoms with van der Waals surface area (Å²) < 4.78 is 28.2. The molecule has 0 radical (unpaired) electrons. The molecule has 0 bridgehead atoms. The van der Waals surface area contributed by atoms with Gasteiger partial charge in [-0.05, 0) is 35.8 Å². The van der Waals surface area contributed by atoms with Crippen LogP contribution in [-0.2, 0) is 14.8 Å². The van der Waals surface area contributed by atoms with Gasteiger partial charge in [-0.15, -0.1) is 0 Å². The Morgan fingerprint density at radius 3 is 2.27 bits per heavy atom. The number of nitrogens with zero attached hydrogens (tertiary/aromatic N) is 2. The first kappa shape index (κ1) is 22.6. The van der Waals surface area contributed by atoms with Crippen molar-refractivity contribution in [2.75, 3.05) is 26.2 Å². The Morgan fingerprint density at radius 1 is 1.17 bits per heavy atom. The molecule has 2 fully saturated rings. The van der Waals surface area contributed by atoms with Crippen LogP contribution < -0.4 is 5.32 Å². The van der Waals surface area contributed by atoms with Crippen molar-refractivity contribution in [1.29, 1.82) is 0 Å². The maximum Gasteiger partial charge on any atom is 0.270 e. The molecule has 1 aromatic heterocycles. The van der Waals surface area contributed by atoms with Gasteiger partial charge >= 0.3 is 0 Å². The third-order valence-electron chi connectivity index (χ3n) is 6.12. The van der Waals surface area contributed by atoms with Crippen LogP contribution >= 0.6 is 0 Å². The van der Waals surface area contributed by atoms with Gasteiger partial charge in [-0.2, -0.15) is 4.31 Å². The molecule has 0 aliphatic carbocycles. The molecule has 3 rings (SSSR count). The number of hydrogen-bond acceptors (Lipinski definition) is 4. The van der Waals surface area contributed by atoms with Gasteiger partial charge in [0.15, 0.2) is 0 Å². The lowest BCUT2D eigenvalue weighted by Crippen LogP contribution is -2.64. The molecule has 8 nitrogen and oxygen atoms in total. The molecule has 2 saturated heterocycles. The van der Waals surface area contributed by atoms with Gasteiger partial charge in [0.1, 0.15) is 10.6 Å². The highest BCUT2D eigenvalue weighted by atomic mass is 32.2. The molecule has 166 valence electrons. The van der Waals surface area contributed by atoms with E-state index in [9.17, 15) is 18.0 Å². The number of carbonyl (C=O) groups excluding carboxylic acids is 2. The standard InChI is InChI=1S/C21H32N4O4S/c1-6-17(26)23-19-20(2,3)13-25(14-21(19,4)5)30(28,29)15-11-16(22-12-15)18(27)24-9-7-8-10-24/h6,11-12,19,22H,1,7-10,13-14H2,2-5H3,(H,23,26). The second kappa shape index (κ2) is 7.85. The quantitative estimate of drug-likeness (QED) is 0.689. The number of H-pyrrole nitrogens is 1. The zero-order chi connectivity index (χ0) is 22.3. The third-order valence-corrected chi connectivity index (χ3v) is 7.89. The Balaban J connectivity index is 1.84. The summed E-state index contributed by atoms with van der Waals surface area (Å²) >= 11 is 0. The van der Waals surface area contributed by atoms with Crippen molar-refractivity contribution in [2.24, 2.45) is 10.8 Å². The number of nitrogens with one attached hydrogen (secondary N) is 2. The normalized spacial score (nSPS) is 22.1. The van der Waals surface area contributed by atoms with Crippen molar-refractivity contribution in [3.63, 3.8) is 0 Å². The lowest BCUT2D eigenvalue weighted by atomic mass is 9.67. The zero-order valence-electron chi connectivity index (χ0n) is 18.2. The molecule has 0 atom stereocenters. The fourth-order valence-corrected chi connectivity index (χ4v) is 6.63. The van der Waals surface area contributed by atoms with Gasteiger partial charge in [0.25, 0.3) is 5.91 Å². The first-order chi connectivity index (χ1) is 13.9. The van der Waals surface area contributed by atoms with Gasteiger partial charge in [-0.25, -0.2) is 8.42 Å². The molecular formula is C21H32N4O4S. The van der Waals surface area contributed by atoms with Crippen LogP contribution in [0.4, 0.5) is 0 Å². The summed E-state index contributed by atoms with van der Waals surface area (Å²) in [5.41, 5.74) is -0.710. The smallest absolute Gasteiger partial charge is 0.270 e. The molecule has 0 saturated carbocycles. The first-order valence-corrected chi connectivity index (χ1v) is 11.7. The fraction of sp³-hybridized carbons (Fsp3) is 0.619. The second-order valence-electron chi connectivity index (χ2n) is 9.64. The van der Waals surface area contributed by atoms with Crippen molar-refractivity contribution < 1.29 is 18.0 Å². The maximum atomic E-state index is 13.4. The number of hydrogen-bond donors (Lipinski definition) is 2. The van der Waals surface area contributed by atoms with Crippen LogP contribution in [0.5, 0.6) is 0 Å². The number of piperidine rings is 1. The lowest BCUT2D eigenvalue weighted by molar-refractivity contribution is -0.120. The Bertz CT molecular complexity index is 924. The minimum absolute atomic E-state index is 0.0882. The number of aromatic amines is 1. The summed E-state index contributed by atoms with van der Waals surface area (Å²) in [7, 11) is -3.80. The van der Waals surface area contributed by atoms with Gasteiger partial charge in [0.2, 0.25) is 15.9 Å². The molecule has 2 aliphatic heterocycles. The van der Waals surface area contributed by atoms with Crippen molar-refractivity contribution in [3.8, 4) is 0 Å². The van der Waals surface area contributed by atoms with Crippen LogP contribution in [0.25, 0.3) is 0 Å². The van der Waals surface area contributed by atoms with Crippen molar-refractivity contribution in [3.05, 3.63) is 30.6 Å². The van der Waals surface area contributed by atoms with E-state index >= 15 is 0 Å². The summed E-state index contributed by atoms with van der Waals surface area (Å²) in [6.07, 6.45) is 4.57. The minimum Gasteiger partial charge on any atom is -0.356 e. The van der Waals surface area contributed by atoms with E-state index in [1.165, 1.54) is 22.6 Å². The van der Waals surface area contributed by atoms with Crippen LogP contribution in [-0.4, -0.2) is 66.6 Å². The van der Waals surface area contributed by atoms with E-state index in [0.29, 0.717) is 18.8 Å². The Morgan fingerprint density at radius 2 is 1.73 bits per heavy atom. The van der Waals surface area contributed by atoms with E-state index in [2.05, 4.69) is 16.9 Å². The van der Waals surface area contributed by atoms with Crippen LogP contribution in [0.2, 0.25) is 0 Å². The molecule has 2 N–H and O–H groups in total. The summed E-state index contributed by atoms with van der Waals surface area (Å²) in [5.74, 6) is -0.436. The maximum absolute atomic E-state index is 13.4. The first-order valence-electron chi connectivity index (χ1n) is 10.3. The molecule has 0 spiro atoms. The SMILES string of the molecule is C=CC(=O)NC1C(C)(C)CN(S(=O)(=O)c2c[nH]c(C(=O)N3CCCC3)c2)CC1(C)C. The Kier molecular flexibility index (Phi) is 5.90. The van der Waals surface area contributed by atoms with E-state index in [1.54, 1.807) is 4.90 Å². The van der Waals surface area contributed by atoms with Crippen LogP contribution in [0.3, 0.4) is 0 Å². The molecule has 30 heavy (non-hydrogen) atoms. The average Bonchev–Trinajstić information content (AvgIpc) is 3.35. The monoisotopic (exact) mass is 436 g/mol. The van der Waals surface area contributed by atoms with Crippen LogP contribution in [0.15, 0.2) is 29.8 Å². The average molecular weight is 437 g/mol. The minimum atomic E-state index is -3.80. The highest BCUT2D eigenvalue weighted by molar-refractivity contribution is 7.89. The van der Waals surface area contributed by atoms with Crippen LogP contribution in [0.1, 0.15) is 51.0 Å². The molecule has 2 amide bonds. The summed E-state index contributed by atoms with van der Waals surface area (Å²) in [6.45, 7) is 13.2. The van der Waals surface area contributed by atoms with Gasteiger partial charge in [-0.1, -0.05) is 34.3 Å². The molecule has 0 aromatic carbocycles. The number of amides is 2. The van der Waals surface area contributed by atoms with E-state index in [-0.39, 0.29) is 35.8 Å². The predicted octanol–water partition coefficient (Wildman–Crippen LogP) is 1.98. The number of sulfonamides is 1. The van der Waals surface area contributed by atoms with Crippen molar-refractivity contribution in [2.45, 2.75) is 51.5 Å². The highest BCUT2D eigenvalue weighted by Gasteiger charge is 2.50. The second-order valence-corrected chi connectivity index (χ2v) is 11.6. The van der Waals surface area contributed by atoms with E-state index in [1.807, 2.05) is 27.7 Å². The third kappa shape index (κ3) is 4.18. The molecule has 1 aromatic rings. The largest absolute Gasteiger partial charge is 0.356 e. The number of carbonyl (C=O) groups is 2. The Labute approximate surface area is 178 Å². The number of rotatable bonds is 5. The van der Waals surface area contributed by atoms with E-state index in [4.69, 9.17) is 0 Å². The van der Waals surface area contributed by atoms with Gasteiger partial charge in [0.05, 0.1) is 0 Å². The molecular weight excluding hydrogens is 404 g/mol. The summed E-state index contributed by atoms with van der Waals surface area (Å²) in [4.78, 5) is 29.2. The number of likely N-dealkylation sites (tertiary alicyclic amines) is 1. The van der Waals surface area contributed by atoms with Crippen LogP contribution in [0, 0.1) is 10.8 Å². The van der Waals surface area contributed by atoms with Gasteiger partial charge < -0.3 is 15.2 Å². The summed E-state index contributed by atoms with van der Waals surface area (Å²) in [6, 6.07) is 1.21. The molecule has 9 heteroatoms. The fourth-order valence-electron chi connectivity index (χ4n) is 4.85. The van der Waals surface area contributed by atoms with Gasteiger partial charge in [0, 0.05) is 38.4 Å². The number of aromatic nitrogens is 1. The topological polar surface area (TPSA) is 103 Å². The molecule has 3 heterocycles. The lowest BCUT2D eigenvalue weighted by Gasteiger charge is -2.52. The van der Waals surface area contributed by atoms with Crippen molar-refractivity contribution >= 4 is 21.8 Å². The Hall–Kier alpha value is -2.13. The van der Waals surface area contributed by atoms with Gasteiger partial charge in [-0.3, -0.25) is 9.59 Å². The highest BCUT2D eigenvalue weighted by Crippen LogP contribution is 2.42. The molecule has 2 aliphatic rings. The van der Waals surface area contributed by atoms with E-state index in [0.717, 1.165) is 12.8 Å². The zero-order valence-corrected chi connectivity index (χ0v) is 19.0.